The molecule has 178 valence electrons. The van der Waals surface area contributed by atoms with E-state index in [0.29, 0.717) is 23.0 Å². The summed E-state index contributed by atoms with van der Waals surface area (Å²) in [5.74, 6) is 1.59. The number of hydrogen-bond acceptors (Lipinski definition) is 6. The van der Waals surface area contributed by atoms with Gasteiger partial charge in [-0.15, -0.1) is 5.10 Å². The highest BCUT2D eigenvalue weighted by Crippen LogP contribution is 2.27. The third-order valence-corrected chi connectivity index (χ3v) is 6.05. The minimum atomic E-state index is -0.441. The molecule has 4 aromatic rings. The average Bonchev–Trinajstić information content (AvgIpc) is 3.31. The molecule has 1 saturated heterocycles. The van der Waals surface area contributed by atoms with Crippen LogP contribution >= 0.6 is 0 Å². The summed E-state index contributed by atoms with van der Waals surface area (Å²) in [5.41, 5.74) is 2.85. The summed E-state index contributed by atoms with van der Waals surface area (Å²) in [6, 6.07) is 9.10. The highest BCUT2D eigenvalue weighted by molar-refractivity contribution is 5.78. The van der Waals surface area contributed by atoms with E-state index in [1.165, 1.54) is 51.2 Å². The highest BCUT2D eigenvalue weighted by Gasteiger charge is 2.15. The molecule has 0 spiro atoms. The number of rotatable bonds is 6. The molecule has 1 aliphatic heterocycles. The maximum atomic E-state index is 14.0. The third kappa shape index (κ3) is 5.75. The zero-order chi connectivity index (χ0) is 23.8. The summed E-state index contributed by atoms with van der Waals surface area (Å²) in [6.45, 7) is 6.84. The SMILES string of the molecule is CCCC1CCNCC1.CCc1ccn2nc(-c3ccccn3)nc(Nc3ccncc3F)c12. The second kappa shape index (κ2) is 11.7. The molecule has 0 radical (unpaired) electrons. The van der Waals surface area contributed by atoms with Crippen LogP contribution in [0, 0.1) is 11.7 Å². The molecule has 4 aromatic heterocycles. The van der Waals surface area contributed by atoms with Gasteiger partial charge in [0.1, 0.15) is 11.2 Å². The van der Waals surface area contributed by atoms with Crippen molar-refractivity contribution in [2.75, 3.05) is 18.4 Å². The van der Waals surface area contributed by atoms with Gasteiger partial charge in [-0.3, -0.25) is 9.97 Å². The molecule has 7 nitrogen and oxygen atoms in total. The van der Waals surface area contributed by atoms with Crippen molar-refractivity contribution in [1.29, 1.82) is 0 Å². The Morgan fingerprint density at radius 1 is 1.12 bits per heavy atom. The Bertz CT molecular complexity index is 1180. The van der Waals surface area contributed by atoms with Crippen LogP contribution in [0.4, 0.5) is 15.9 Å². The number of hydrogen-bond donors (Lipinski definition) is 2. The number of nitrogens with zero attached hydrogens (tertiary/aromatic N) is 5. The van der Waals surface area contributed by atoms with E-state index in [1.54, 1.807) is 16.8 Å². The fourth-order valence-electron chi connectivity index (χ4n) is 4.25. The van der Waals surface area contributed by atoms with Gasteiger partial charge in [0.15, 0.2) is 11.6 Å². The van der Waals surface area contributed by atoms with Gasteiger partial charge in [0, 0.05) is 18.6 Å². The summed E-state index contributed by atoms with van der Waals surface area (Å²) in [6.07, 6.45) is 12.7. The van der Waals surface area contributed by atoms with Crippen molar-refractivity contribution < 1.29 is 4.39 Å². The highest BCUT2D eigenvalue weighted by atomic mass is 19.1. The fraction of sp³-hybridized carbons (Fsp3) is 0.385. The van der Waals surface area contributed by atoms with E-state index in [4.69, 9.17) is 0 Å². The molecular formula is C26H32FN7. The van der Waals surface area contributed by atoms with Gasteiger partial charge in [-0.05, 0) is 68.1 Å². The molecule has 1 fully saturated rings. The zero-order valence-electron chi connectivity index (χ0n) is 19.8. The first kappa shape index (κ1) is 23.8. The molecule has 0 bridgehead atoms. The van der Waals surface area contributed by atoms with Gasteiger partial charge in [0.25, 0.3) is 0 Å². The van der Waals surface area contributed by atoms with Crippen LogP contribution in [0.3, 0.4) is 0 Å². The fourth-order valence-corrected chi connectivity index (χ4v) is 4.25. The molecule has 0 aliphatic carbocycles. The number of piperidine rings is 1. The molecule has 8 heteroatoms. The third-order valence-electron chi connectivity index (χ3n) is 6.05. The first-order chi connectivity index (χ1) is 16.7. The molecule has 0 amide bonds. The van der Waals surface area contributed by atoms with Gasteiger partial charge >= 0.3 is 0 Å². The van der Waals surface area contributed by atoms with Crippen molar-refractivity contribution >= 4 is 17.0 Å². The van der Waals surface area contributed by atoms with E-state index >= 15 is 0 Å². The zero-order valence-corrected chi connectivity index (χ0v) is 19.8. The van der Waals surface area contributed by atoms with Crippen molar-refractivity contribution in [1.82, 2.24) is 29.9 Å². The summed E-state index contributed by atoms with van der Waals surface area (Å²) in [4.78, 5) is 12.7. The maximum Gasteiger partial charge on any atom is 0.200 e. The Balaban J connectivity index is 0.000000257. The lowest BCUT2D eigenvalue weighted by atomic mass is 9.94. The molecule has 2 N–H and O–H groups in total. The first-order valence-electron chi connectivity index (χ1n) is 12.1. The predicted molar refractivity (Wildman–Crippen MR) is 134 cm³/mol. The molecule has 0 atom stereocenters. The molecule has 0 saturated carbocycles. The second-order valence-electron chi connectivity index (χ2n) is 8.45. The Labute approximate surface area is 199 Å². The van der Waals surface area contributed by atoms with Crippen LogP contribution in [-0.2, 0) is 6.42 Å². The number of aryl methyl sites for hydroxylation is 1. The van der Waals surface area contributed by atoms with Crippen LogP contribution in [0.25, 0.3) is 17.0 Å². The molecule has 0 aromatic carbocycles. The van der Waals surface area contributed by atoms with Gasteiger partial charge in [0.05, 0.1) is 11.9 Å². The van der Waals surface area contributed by atoms with Gasteiger partial charge in [0.2, 0.25) is 5.82 Å². The van der Waals surface area contributed by atoms with Crippen LogP contribution in [0.2, 0.25) is 0 Å². The van der Waals surface area contributed by atoms with Gasteiger partial charge in [-0.2, -0.15) is 0 Å². The van der Waals surface area contributed by atoms with Crippen LogP contribution < -0.4 is 10.6 Å². The van der Waals surface area contributed by atoms with Gasteiger partial charge in [-0.25, -0.2) is 13.9 Å². The molecular weight excluding hydrogens is 429 g/mol. The molecule has 0 unspecified atom stereocenters. The van der Waals surface area contributed by atoms with Crippen LogP contribution in [0.15, 0.2) is 55.1 Å². The Morgan fingerprint density at radius 3 is 2.68 bits per heavy atom. The lowest BCUT2D eigenvalue weighted by Crippen LogP contribution is -2.27. The second-order valence-corrected chi connectivity index (χ2v) is 8.45. The number of halogens is 1. The van der Waals surface area contributed by atoms with Crippen LogP contribution in [-0.4, -0.2) is 37.7 Å². The van der Waals surface area contributed by atoms with Gasteiger partial charge in [-0.1, -0.05) is 32.8 Å². The van der Waals surface area contributed by atoms with E-state index in [-0.39, 0.29) is 0 Å². The molecule has 34 heavy (non-hydrogen) atoms. The van der Waals surface area contributed by atoms with Crippen molar-refractivity contribution in [2.45, 2.75) is 46.0 Å². The number of pyridine rings is 2. The maximum absolute atomic E-state index is 14.0. The van der Waals surface area contributed by atoms with Crippen molar-refractivity contribution in [2.24, 2.45) is 5.92 Å². The Hall–Kier alpha value is -3.39. The summed E-state index contributed by atoms with van der Waals surface area (Å²) >= 11 is 0. The Morgan fingerprint density at radius 2 is 1.97 bits per heavy atom. The normalized spacial score (nSPS) is 14.0. The van der Waals surface area contributed by atoms with E-state index in [1.807, 2.05) is 30.5 Å². The molecule has 5 heterocycles. The lowest BCUT2D eigenvalue weighted by molar-refractivity contribution is 0.351. The molecule has 1 aliphatic rings. The van der Waals surface area contributed by atoms with Crippen LogP contribution in [0.1, 0.15) is 45.1 Å². The summed E-state index contributed by atoms with van der Waals surface area (Å²) in [5, 5.41) is 11.0. The Kier molecular flexibility index (Phi) is 8.14. The summed E-state index contributed by atoms with van der Waals surface area (Å²) in [7, 11) is 0. The standard InChI is InChI=1S/C18H15FN6.C8H17N/c1-2-12-7-10-25-16(12)18(22-14-6-9-20-11-13(14)19)23-17(24-25)15-5-3-4-8-21-15;1-2-3-8-4-6-9-7-5-8/h3-11H,2H2,1H3,(H,20,22,23,24);8-9H,2-7H2,1H3. The smallest absolute Gasteiger partial charge is 0.200 e. The summed E-state index contributed by atoms with van der Waals surface area (Å²) < 4.78 is 15.8. The van der Waals surface area contributed by atoms with E-state index in [0.717, 1.165) is 23.4 Å². The number of aromatic nitrogens is 5. The van der Waals surface area contributed by atoms with Crippen LogP contribution in [0.5, 0.6) is 0 Å². The molecule has 5 rings (SSSR count). The predicted octanol–water partition coefficient (Wildman–Crippen LogP) is 5.42. The number of anilines is 2. The lowest BCUT2D eigenvalue weighted by Gasteiger charge is -2.21. The van der Waals surface area contributed by atoms with E-state index in [2.05, 4.69) is 44.5 Å². The van der Waals surface area contributed by atoms with E-state index < -0.39 is 5.82 Å². The van der Waals surface area contributed by atoms with Crippen molar-refractivity contribution in [3.8, 4) is 11.5 Å². The first-order valence-corrected chi connectivity index (χ1v) is 12.1. The number of nitrogens with one attached hydrogen (secondary N) is 2. The average molecular weight is 462 g/mol. The topological polar surface area (TPSA) is 80.0 Å². The minimum Gasteiger partial charge on any atom is -0.336 e. The number of fused-ring (bicyclic) bond motifs is 1. The van der Waals surface area contributed by atoms with Crippen molar-refractivity contribution in [3.05, 3.63) is 66.5 Å². The van der Waals surface area contributed by atoms with Gasteiger partial charge < -0.3 is 10.6 Å². The van der Waals surface area contributed by atoms with E-state index in [9.17, 15) is 4.39 Å². The van der Waals surface area contributed by atoms with Crippen molar-refractivity contribution in [3.63, 3.8) is 0 Å². The quantitative estimate of drug-likeness (QED) is 0.399. The monoisotopic (exact) mass is 461 g/mol. The largest absolute Gasteiger partial charge is 0.336 e. The minimum absolute atomic E-state index is 0.311.